The molecule has 6 heteroatoms. The zero-order chi connectivity index (χ0) is 18.7. The van der Waals surface area contributed by atoms with E-state index in [-0.39, 0.29) is 24.9 Å². The van der Waals surface area contributed by atoms with E-state index >= 15 is 0 Å². The number of aromatic hydroxyl groups is 1. The minimum atomic E-state index is -0.411. The molecule has 0 radical (unpaired) electrons. The molecule has 1 aliphatic rings. The maximum absolute atomic E-state index is 10.0. The summed E-state index contributed by atoms with van der Waals surface area (Å²) >= 11 is 0. The van der Waals surface area contributed by atoms with Crippen LogP contribution in [0.4, 0.5) is 0 Å². The van der Waals surface area contributed by atoms with Crippen molar-refractivity contribution in [3.8, 4) is 23.0 Å². The van der Waals surface area contributed by atoms with E-state index in [4.69, 9.17) is 19.3 Å². The van der Waals surface area contributed by atoms with Crippen molar-refractivity contribution in [3.63, 3.8) is 0 Å². The highest BCUT2D eigenvalue weighted by Crippen LogP contribution is 2.51. The lowest BCUT2D eigenvalue weighted by Gasteiger charge is -2.18. The van der Waals surface area contributed by atoms with E-state index in [0.717, 1.165) is 23.1 Å². The Morgan fingerprint density at radius 1 is 1.04 bits per heavy atom. The van der Waals surface area contributed by atoms with Gasteiger partial charge in [0.25, 0.3) is 0 Å². The summed E-state index contributed by atoms with van der Waals surface area (Å²) in [5.41, 5.74) is 2.71. The highest BCUT2D eigenvalue weighted by Gasteiger charge is 2.37. The molecule has 1 aliphatic heterocycles. The molecule has 26 heavy (non-hydrogen) atoms. The smallest absolute Gasteiger partial charge is 0.165 e. The van der Waals surface area contributed by atoms with Crippen LogP contribution in [0, 0.1) is 0 Å². The van der Waals surface area contributed by atoms with Crippen molar-refractivity contribution in [3.05, 3.63) is 47.0 Å². The number of aryl methyl sites for hydroxylation is 1. The van der Waals surface area contributed by atoms with E-state index < -0.39 is 6.10 Å². The molecule has 2 aromatic rings. The standard InChI is InChI=1S/C20H24O6/c1-24-17-10-13(5-6-16(17)23)19-15(11-22)14-8-12(4-3-7-21)9-18(25-2)20(14)26-19/h5-6,8-10,15,19,21-23H,3-4,7,11H2,1-2H3/t15-,19+/m1/s1. The van der Waals surface area contributed by atoms with Gasteiger partial charge in [-0.3, -0.25) is 0 Å². The largest absolute Gasteiger partial charge is 0.504 e. The van der Waals surface area contributed by atoms with E-state index in [9.17, 15) is 10.2 Å². The zero-order valence-corrected chi connectivity index (χ0v) is 14.9. The average molecular weight is 360 g/mol. The summed E-state index contributed by atoms with van der Waals surface area (Å²) in [5, 5.41) is 28.9. The summed E-state index contributed by atoms with van der Waals surface area (Å²) in [6.07, 6.45) is 0.966. The second-order valence-electron chi connectivity index (χ2n) is 6.30. The first-order chi connectivity index (χ1) is 12.6. The monoisotopic (exact) mass is 360 g/mol. The van der Waals surface area contributed by atoms with Crippen molar-refractivity contribution in [2.45, 2.75) is 24.9 Å². The van der Waals surface area contributed by atoms with Crippen LogP contribution in [0.15, 0.2) is 30.3 Å². The number of phenols is 1. The van der Waals surface area contributed by atoms with Crippen LogP contribution >= 0.6 is 0 Å². The molecule has 0 saturated carbocycles. The van der Waals surface area contributed by atoms with Gasteiger partial charge in [-0.15, -0.1) is 0 Å². The molecule has 140 valence electrons. The number of ether oxygens (including phenoxy) is 3. The SMILES string of the molecule is COc1cc([C@@H]2Oc3c(OC)cc(CCCO)cc3[C@H]2CO)ccc1O. The van der Waals surface area contributed by atoms with E-state index in [1.807, 2.05) is 12.1 Å². The first-order valence-electron chi connectivity index (χ1n) is 8.59. The number of phenolic OH excluding ortho intramolecular Hbond substituents is 1. The van der Waals surface area contributed by atoms with Gasteiger partial charge < -0.3 is 29.5 Å². The molecule has 3 rings (SSSR count). The number of methoxy groups -OCH3 is 2. The fourth-order valence-electron chi connectivity index (χ4n) is 3.40. The second-order valence-corrected chi connectivity index (χ2v) is 6.30. The van der Waals surface area contributed by atoms with Gasteiger partial charge in [0.05, 0.1) is 26.7 Å². The molecule has 0 saturated heterocycles. The topological polar surface area (TPSA) is 88.4 Å². The molecular weight excluding hydrogens is 336 g/mol. The third kappa shape index (κ3) is 3.30. The molecule has 2 aromatic carbocycles. The zero-order valence-electron chi connectivity index (χ0n) is 14.9. The Bertz CT molecular complexity index is 773. The molecule has 0 bridgehead atoms. The molecule has 6 nitrogen and oxygen atoms in total. The minimum Gasteiger partial charge on any atom is -0.504 e. The molecule has 3 N–H and O–H groups in total. The molecule has 0 aromatic heterocycles. The first-order valence-corrected chi connectivity index (χ1v) is 8.59. The highest BCUT2D eigenvalue weighted by atomic mass is 16.5. The number of hydrogen-bond acceptors (Lipinski definition) is 6. The summed E-state index contributed by atoms with van der Waals surface area (Å²) in [6, 6.07) is 8.94. The summed E-state index contributed by atoms with van der Waals surface area (Å²) in [6.45, 7) is 0.0305. The lowest BCUT2D eigenvalue weighted by molar-refractivity contribution is 0.157. The van der Waals surface area contributed by atoms with Gasteiger partial charge in [-0.1, -0.05) is 12.1 Å². The highest BCUT2D eigenvalue weighted by molar-refractivity contribution is 5.55. The lowest BCUT2D eigenvalue weighted by Crippen LogP contribution is -2.13. The van der Waals surface area contributed by atoms with Crippen molar-refractivity contribution in [1.82, 2.24) is 0 Å². The van der Waals surface area contributed by atoms with Crippen molar-refractivity contribution >= 4 is 0 Å². The Morgan fingerprint density at radius 3 is 2.46 bits per heavy atom. The summed E-state index contributed by atoms with van der Waals surface area (Å²) in [5.74, 6) is 1.38. The van der Waals surface area contributed by atoms with Crippen LogP contribution in [-0.2, 0) is 6.42 Å². The van der Waals surface area contributed by atoms with Crippen LogP contribution in [0.3, 0.4) is 0 Å². The maximum Gasteiger partial charge on any atom is 0.165 e. The van der Waals surface area contributed by atoms with E-state index in [1.165, 1.54) is 7.11 Å². The molecule has 1 heterocycles. The fraction of sp³-hybridized carbons (Fsp3) is 0.400. The van der Waals surface area contributed by atoms with Gasteiger partial charge in [-0.25, -0.2) is 0 Å². The number of fused-ring (bicyclic) bond motifs is 1. The lowest BCUT2D eigenvalue weighted by atomic mass is 9.90. The maximum atomic E-state index is 10.0. The molecule has 0 amide bonds. The van der Waals surface area contributed by atoms with Crippen LogP contribution in [0.25, 0.3) is 0 Å². The van der Waals surface area contributed by atoms with Crippen LogP contribution in [0.2, 0.25) is 0 Å². The van der Waals surface area contributed by atoms with Gasteiger partial charge in [-0.05, 0) is 42.2 Å². The Kier molecular flexibility index (Phi) is 5.54. The number of benzene rings is 2. The van der Waals surface area contributed by atoms with E-state index in [1.54, 1.807) is 25.3 Å². The summed E-state index contributed by atoms with van der Waals surface area (Å²) in [4.78, 5) is 0. The number of rotatable bonds is 7. The van der Waals surface area contributed by atoms with Crippen molar-refractivity contribution in [2.75, 3.05) is 27.4 Å². The van der Waals surface area contributed by atoms with Crippen molar-refractivity contribution in [1.29, 1.82) is 0 Å². The molecule has 0 fully saturated rings. The molecule has 0 aliphatic carbocycles. The van der Waals surface area contributed by atoms with Gasteiger partial charge in [0, 0.05) is 12.2 Å². The van der Waals surface area contributed by atoms with Crippen LogP contribution in [-0.4, -0.2) is 42.8 Å². The molecule has 0 spiro atoms. The normalized spacial score (nSPS) is 18.3. The second kappa shape index (κ2) is 7.85. The first kappa shape index (κ1) is 18.4. The fourth-order valence-corrected chi connectivity index (χ4v) is 3.40. The van der Waals surface area contributed by atoms with Gasteiger partial charge in [0.15, 0.2) is 23.0 Å². The Morgan fingerprint density at radius 2 is 1.81 bits per heavy atom. The van der Waals surface area contributed by atoms with Crippen LogP contribution in [0.1, 0.15) is 35.1 Å². The number of aliphatic hydroxyl groups is 2. The van der Waals surface area contributed by atoms with Gasteiger partial charge in [0.1, 0.15) is 6.10 Å². The predicted molar refractivity (Wildman–Crippen MR) is 96.3 cm³/mol. The molecule has 0 unspecified atom stereocenters. The average Bonchev–Trinajstić information content (AvgIpc) is 3.04. The Balaban J connectivity index is 2.00. The van der Waals surface area contributed by atoms with Gasteiger partial charge in [0.2, 0.25) is 0 Å². The van der Waals surface area contributed by atoms with E-state index in [0.29, 0.717) is 23.7 Å². The third-order valence-electron chi connectivity index (χ3n) is 4.73. The van der Waals surface area contributed by atoms with Crippen molar-refractivity contribution < 1.29 is 29.5 Å². The third-order valence-corrected chi connectivity index (χ3v) is 4.73. The van der Waals surface area contributed by atoms with Crippen LogP contribution in [0.5, 0.6) is 23.0 Å². The quantitative estimate of drug-likeness (QED) is 0.703. The van der Waals surface area contributed by atoms with Gasteiger partial charge >= 0.3 is 0 Å². The van der Waals surface area contributed by atoms with Crippen LogP contribution < -0.4 is 14.2 Å². The summed E-state index contributed by atoms with van der Waals surface area (Å²) < 4.78 is 16.8. The summed E-state index contributed by atoms with van der Waals surface area (Å²) in [7, 11) is 3.07. The predicted octanol–water partition coefficient (Wildman–Crippen LogP) is 2.54. The van der Waals surface area contributed by atoms with E-state index in [2.05, 4.69) is 0 Å². The number of hydrogen-bond donors (Lipinski definition) is 3. The van der Waals surface area contributed by atoms with Crippen molar-refractivity contribution in [2.24, 2.45) is 0 Å². The Hall–Kier alpha value is -2.44. The molecule has 2 atom stereocenters. The van der Waals surface area contributed by atoms with Gasteiger partial charge in [-0.2, -0.15) is 0 Å². The molecular formula is C20H24O6. The minimum absolute atomic E-state index is 0.0520. The Labute approximate surface area is 152 Å². The number of aliphatic hydroxyl groups excluding tert-OH is 2.